The molecule has 0 saturated heterocycles. The van der Waals surface area contributed by atoms with E-state index in [0.717, 1.165) is 11.5 Å². The minimum absolute atomic E-state index is 0.00885. The van der Waals surface area contributed by atoms with Gasteiger partial charge in [0.2, 0.25) is 30.5 Å². The molecular formula is C36H73N7O6. The highest BCUT2D eigenvalue weighted by molar-refractivity contribution is 5.95. The molecule has 1 rings (SSSR count). The second-order valence-electron chi connectivity index (χ2n) is 11.3. The van der Waals surface area contributed by atoms with Crippen molar-refractivity contribution >= 4 is 36.2 Å². The Kier molecular flexibility index (Phi) is 45.5. The molecular weight excluding hydrogens is 626 g/mol. The summed E-state index contributed by atoms with van der Waals surface area (Å²) >= 11 is 0. The molecule has 0 heterocycles. The number of benzene rings is 1. The van der Waals surface area contributed by atoms with E-state index in [1.54, 1.807) is 19.2 Å². The largest absolute Gasteiger partial charge is 0.380 e. The number of nitrogens with zero attached hydrogens (tertiary/aromatic N) is 1. The maximum Gasteiger partial charge on any atom is 0.246 e. The van der Waals surface area contributed by atoms with E-state index < -0.39 is 12.1 Å². The van der Waals surface area contributed by atoms with Crippen molar-refractivity contribution in [3.8, 4) is 0 Å². The fourth-order valence-corrected chi connectivity index (χ4v) is 2.95. The molecule has 13 heteroatoms. The van der Waals surface area contributed by atoms with Crippen molar-refractivity contribution < 1.29 is 28.7 Å². The Morgan fingerprint density at radius 3 is 1.78 bits per heavy atom. The van der Waals surface area contributed by atoms with Crippen molar-refractivity contribution in [3.05, 3.63) is 29.8 Å². The van der Waals surface area contributed by atoms with Gasteiger partial charge in [0.15, 0.2) is 0 Å². The minimum atomic E-state index is -0.572. The molecule has 2 atom stereocenters. The molecule has 0 fully saturated rings. The van der Waals surface area contributed by atoms with Crippen molar-refractivity contribution in [3.63, 3.8) is 0 Å². The van der Waals surface area contributed by atoms with Gasteiger partial charge in [-0.15, -0.1) is 0 Å². The lowest BCUT2D eigenvalue weighted by Gasteiger charge is -2.21. The predicted molar refractivity (Wildman–Crippen MR) is 204 cm³/mol. The average molecular weight is 700 g/mol. The number of carbonyl (C=O) groups is 5. The lowest BCUT2D eigenvalue weighted by atomic mass is 10.0. The molecule has 7 N–H and O–H groups in total. The maximum atomic E-state index is 12.0. The number of methoxy groups -OCH3 is 1. The Morgan fingerprint density at radius 2 is 1.43 bits per heavy atom. The van der Waals surface area contributed by atoms with Crippen LogP contribution in [0.5, 0.6) is 0 Å². The van der Waals surface area contributed by atoms with Crippen LogP contribution in [0.25, 0.3) is 0 Å². The van der Waals surface area contributed by atoms with Gasteiger partial charge in [0.05, 0.1) is 13.2 Å². The third-order valence-electron chi connectivity index (χ3n) is 5.72. The van der Waals surface area contributed by atoms with Gasteiger partial charge in [0.25, 0.3) is 0 Å². The molecule has 13 nitrogen and oxygen atoms in total. The van der Waals surface area contributed by atoms with E-state index in [1.165, 1.54) is 31.8 Å². The van der Waals surface area contributed by atoms with Crippen LogP contribution in [0, 0.1) is 11.8 Å². The molecule has 0 aliphatic carbocycles. The number of carbonyl (C=O) groups excluding carboxylic acids is 5. The molecule has 0 radical (unpaired) electrons. The molecule has 1 aromatic rings. The van der Waals surface area contributed by atoms with Gasteiger partial charge in [-0.3, -0.25) is 24.0 Å². The zero-order chi connectivity index (χ0) is 39.2. The van der Waals surface area contributed by atoms with Gasteiger partial charge in [0, 0.05) is 26.9 Å². The highest BCUT2D eigenvalue weighted by Gasteiger charge is 2.23. The maximum absolute atomic E-state index is 12.0. The Labute approximate surface area is 298 Å². The third-order valence-corrected chi connectivity index (χ3v) is 5.72. The Bertz CT molecular complexity index is 914. The Hall–Kier alpha value is -3.55. The second-order valence-corrected chi connectivity index (χ2v) is 11.3. The van der Waals surface area contributed by atoms with Crippen LogP contribution >= 0.6 is 0 Å². The first-order valence-corrected chi connectivity index (χ1v) is 17.3. The van der Waals surface area contributed by atoms with Crippen molar-refractivity contribution in [2.24, 2.45) is 17.6 Å². The molecule has 0 aliphatic heterocycles. The number of anilines is 1. The van der Waals surface area contributed by atoms with E-state index in [2.05, 4.69) is 61.2 Å². The molecule has 49 heavy (non-hydrogen) atoms. The van der Waals surface area contributed by atoms with Gasteiger partial charge in [-0.1, -0.05) is 87.3 Å². The molecule has 0 saturated carbocycles. The number of ether oxygens (including phenoxy) is 1. The number of likely N-dealkylation sites (N-methyl/N-ethyl adjacent to an activating group) is 2. The first-order valence-electron chi connectivity index (χ1n) is 17.3. The van der Waals surface area contributed by atoms with Gasteiger partial charge in [-0.25, -0.2) is 0 Å². The van der Waals surface area contributed by atoms with Crippen LogP contribution in [-0.2, 0) is 35.3 Å². The molecule has 0 aromatic heterocycles. The minimum Gasteiger partial charge on any atom is -0.380 e. The molecule has 0 bridgehead atoms. The third kappa shape index (κ3) is 37.1. The SMILES string of the molecule is CC.CCC.CCC(C)C.CNC.CNC(=O)C(NC(=O)CN(C)C=O)C(C)C.COCc1ccc(NC(=O)[C@H](CCCN)NC=O)cc1. The lowest BCUT2D eigenvalue weighted by Crippen LogP contribution is -2.50. The first-order chi connectivity index (χ1) is 23.2. The quantitative estimate of drug-likeness (QED) is 0.140. The second kappa shape index (κ2) is 40.6. The Morgan fingerprint density at radius 1 is 0.939 bits per heavy atom. The summed E-state index contributed by atoms with van der Waals surface area (Å²) in [6.45, 7) is 19.5. The molecule has 0 aliphatic rings. The van der Waals surface area contributed by atoms with E-state index in [4.69, 9.17) is 10.5 Å². The highest BCUT2D eigenvalue weighted by atomic mass is 16.5. The number of rotatable bonds is 16. The van der Waals surface area contributed by atoms with Crippen molar-refractivity contribution in [1.29, 1.82) is 0 Å². The summed E-state index contributed by atoms with van der Waals surface area (Å²) in [5.74, 6) is 0.0412. The fourth-order valence-electron chi connectivity index (χ4n) is 2.95. The normalized spacial score (nSPS) is 10.5. The number of hydrogen-bond acceptors (Lipinski definition) is 8. The van der Waals surface area contributed by atoms with Crippen LogP contribution in [0.1, 0.15) is 93.6 Å². The predicted octanol–water partition coefficient (Wildman–Crippen LogP) is 3.92. The summed E-state index contributed by atoms with van der Waals surface area (Å²) in [6, 6.07) is 6.22. The summed E-state index contributed by atoms with van der Waals surface area (Å²) in [4.78, 5) is 56.9. The summed E-state index contributed by atoms with van der Waals surface area (Å²) in [5.41, 5.74) is 7.12. The Balaban J connectivity index is -0.000000197. The zero-order valence-electron chi connectivity index (χ0n) is 33.2. The number of amides is 5. The van der Waals surface area contributed by atoms with Crippen molar-refractivity contribution in [2.75, 3.05) is 53.7 Å². The van der Waals surface area contributed by atoms with Crippen LogP contribution in [0.2, 0.25) is 0 Å². The molecule has 5 amide bonds. The van der Waals surface area contributed by atoms with Crippen LogP contribution in [0.4, 0.5) is 5.69 Å². The summed E-state index contributed by atoms with van der Waals surface area (Å²) in [7, 11) is 8.39. The van der Waals surface area contributed by atoms with E-state index in [0.29, 0.717) is 44.5 Å². The van der Waals surface area contributed by atoms with Crippen molar-refractivity contribution in [1.82, 2.24) is 26.2 Å². The number of nitrogens with one attached hydrogen (secondary N) is 5. The molecule has 0 spiro atoms. The topological polar surface area (TPSA) is 184 Å². The van der Waals surface area contributed by atoms with Gasteiger partial charge < -0.3 is 42.0 Å². The smallest absolute Gasteiger partial charge is 0.246 e. The fraction of sp³-hybridized carbons (Fsp3) is 0.694. The van der Waals surface area contributed by atoms with Crippen LogP contribution < -0.4 is 32.3 Å². The summed E-state index contributed by atoms with van der Waals surface area (Å²) < 4.78 is 5.02. The van der Waals surface area contributed by atoms with Gasteiger partial charge in [0.1, 0.15) is 12.1 Å². The van der Waals surface area contributed by atoms with Gasteiger partial charge in [-0.2, -0.15) is 0 Å². The lowest BCUT2D eigenvalue weighted by molar-refractivity contribution is -0.131. The van der Waals surface area contributed by atoms with E-state index in [-0.39, 0.29) is 30.2 Å². The van der Waals surface area contributed by atoms with Crippen LogP contribution in [-0.4, -0.2) is 95.9 Å². The monoisotopic (exact) mass is 700 g/mol. The molecule has 288 valence electrons. The molecule has 1 aromatic carbocycles. The number of nitrogens with two attached hydrogens (primary N) is 1. The molecule has 1 unspecified atom stereocenters. The van der Waals surface area contributed by atoms with Crippen LogP contribution in [0.15, 0.2) is 24.3 Å². The van der Waals surface area contributed by atoms with E-state index in [1.807, 2.05) is 53.9 Å². The first kappa shape index (κ1) is 54.9. The van der Waals surface area contributed by atoms with Gasteiger partial charge >= 0.3 is 0 Å². The standard InChI is InChI=1S/C14H21N3O3.C10H19N3O3.C5H12.C3H8.C2H7N.C2H6/c1-20-9-11-4-6-12(7-5-11)17-14(19)13(16-10-18)3-2-8-15;1-7(2)9(10(16)11-3)12-8(15)5-13(4)6-14;1-4-5(2)3;2*1-3-2;1-2/h4-7,10,13H,2-3,8-9,15H2,1H3,(H,16,18)(H,17,19);6-7,9H,5H2,1-4H3,(H,11,16)(H,12,15);5H,4H2,1-3H3;3H2,1-2H3;3H,1-2H3;1-2H3/t13-;;;;;/m0...../s1. The summed E-state index contributed by atoms with van der Waals surface area (Å²) in [6.07, 6.45) is 4.83. The van der Waals surface area contributed by atoms with Crippen LogP contribution in [0.3, 0.4) is 0 Å². The summed E-state index contributed by atoms with van der Waals surface area (Å²) in [5, 5.41) is 13.1. The number of hydrogen-bond donors (Lipinski definition) is 6. The van der Waals surface area contributed by atoms with Gasteiger partial charge in [-0.05, 0) is 63.0 Å². The zero-order valence-corrected chi connectivity index (χ0v) is 33.2. The van der Waals surface area contributed by atoms with Crippen molar-refractivity contribution in [2.45, 2.75) is 107 Å². The highest BCUT2D eigenvalue weighted by Crippen LogP contribution is 2.11. The average Bonchev–Trinajstić information content (AvgIpc) is 3.08. The van der Waals surface area contributed by atoms with E-state index in [9.17, 15) is 24.0 Å². The van der Waals surface area contributed by atoms with E-state index >= 15 is 0 Å².